The maximum Gasteiger partial charge on any atom is 0.330 e. The van der Waals surface area contributed by atoms with E-state index in [9.17, 15) is 14.4 Å². The summed E-state index contributed by atoms with van der Waals surface area (Å²) < 4.78 is 4.78. The van der Waals surface area contributed by atoms with Crippen LogP contribution < -0.4 is 5.32 Å². The van der Waals surface area contributed by atoms with Gasteiger partial charge in [-0.3, -0.25) is 9.59 Å². The summed E-state index contributed by atoms with van der Waals surface area (Å²) in [4.78, 5) is 36.3. The van der Waals surface area contributed by atoms with E-state index in [0.29, 0.717) is 12.0 Å². The predicted octanol–water partition coefficient (Wildman–Crippen LogP) is 2.72. The summed E-state index contributed by atoms with van der Waals surface area (Å²) in [6.45, 7) is 1.92. The molecule has 0 aromatic heterocycles. The SMILES string of the molecule is CCOC(=O)/C=C/C(=O)[C@H](Cc1ccccc1)NC(=O)c1ccccc1. The second-order valence-corrected chi connectivity index (χ2v) is 5.57. The smallest absolute Gasteiger partial charge is 0.330 e. The van der Waals surface area contributed by atoms with Crippen molar-refractivity contribution in [1.29, 1.82) is 0 Å². The van der Waals surface area contributed by atoms with Gasteiger partial charge in [-0.1, -0.05) is 48.5 Å². The molecule has 0 saturated heterocycles. The average molecular weight is 351 g/mol. The Morgan fingerprint density at radius 3 is 2.19 bits per heavy atom. The number of ether oxygens (including phenoxy) is 1. The van der Waals surface area contributed by atoms with Gasteiger partial charge in [-0.25, -0.2) is 4.79 Å². The lowest BCUT2D eigenvalue weighted by Gasteiger charge is -2.16. The van der Waals surface area contributed by atoms with Crippen molar-refractivity contribution < 1.29 is 19.1 Å². The van der Waals surface area contributed by atoms with Crippen LogP contribution in [0.25, 0.3) is 0 Å². The van der Waals surface area contributed by atoms with Crippen molar-refractivity contribution in [2.24, 2.45) is 0 Å². The molecule has 0 fully saturated rings. The quantitative estimate of drug-likeness (QED) is 0.586. The molecule has 1 atom stereocenters. The Labute approximate surface area is 152 Å². The molecule has 5 heteroatoms. The van der Waals surface area contributed by atoms with Gasteiger partial charge in [-0.15, -0.1) is 0 Å². The van der Waals surface area contributed by atoms with Crippen molar-refractivity contribution >= 4 is 17.7 Å². The van der Waals surface area contributed by atoms with E-state index in [4.69, 9.17) is 4.74 Å². The van der Waals surface area contributed by atoms with E-state index in [0.717, 1.165) is 17.7 Å². The lowest BCUT2D eigenvalue weighted by molar-refractivity contribution is -0.137. The maximum atomic E-state index is 12.5. The van der Waals surface area contributed by atoms with E-state index in [1.807, 2.05) is 36.4 Å². The van der Waals surface area contributed by atoms with Gasteiger partial charge in [0.2, 0.25) is 0 Å². The van der Waals surface area contributed by atoms with Crippen LogP contribution in [0.2, 0.25) is 0 Å². The fourth-order valence-electron chi connectivity index (χ4n) is 2.36. The number of rotatable bonds is 8. The van der Waals surface area contributed by atoms with E-state index in [1.165, 1.54) is 0 Å². The van der Waals surface area contributed by atoms with E-state index < -0.39 is 12.0 Å². The standard InChI is InChI=1S/C21H21NO4/c1-2-26-20(24)14-13-19(23)18(15-16-9-5-3-6-10-16)22-21(25)17-11-7-4-8-12-17/h3-14,18H,2,15H2,1H3,(H,22,25)/b14-13+/t18-/m0/s1. The molecule has 0 radical (unpaired) electrons. The van der Waals surface area contributed by atoms with Gasteiger partial charge in [-0.05, 0) is 30.7 Å². The molecule has 5 nitrogen and oxygen atoms in total. The van der Waals surface area contributed by atoms with E-state index >= 15 is 0 Å². The zero-order valence-corrected chi connectivity index (χ0v) is 14.6. The summed E-state index contributed by atoms with van der Waals surface area (Å²) >= 11 is 0. The topological polar surface area (TPSA) is 72.5 Å². The molecule has 0 aliphatic carbocycles. The van der Waals surface area contributed by atoms with Crippen LogP contribution in [-0.4, -0.2) is 30.3 Å². The van der Waals surface area contributed by atoms with Crippen LogP contribution in [0.4, 0.5) is 0 Å². The normalized spacial score (nSPS) is 11.7. The monoisotopic (exact) mass is 351 g/mol. The Bertz CT molecular complexity index is 769. The van der Waals surface area contributed by atoms with E-state index in [-0.39, 0.29) is 18.3 Å². The molecule has 0 unspecified atom stereocenters. The zero-order chi connectivity index (χ0) is 18.8. The molecule has 26 heavy (non-hydrogen) atoms. The van der Waals surface area contributed by atoms with Crippen LogP contribution in [0.15, 0.2) is 72.8 Å². The minimum Gasteiger partial charge on any atom is -0.463 e. The number of benzene rings is 2. The van der Waals surface area contributed by atoms with Crippen LogP contribution in [0.5, 0.6) is 0 Å². The van der Waals surface area contributed by atoms with Gasteiger partial charge in [0, 0.05) is 18.1 Å². The molecule has 2 rings (SSSR count). The number of hydrogen-bond donors (Lipinski definition) is 1. The van der Waals surface area contributed by atoms with Crippen LogP contribution in [0, 0.1) is 0 Å². The Morgan fingerprint density at radius 1 is 0.962 bits per heavy atom. The number of hydrogen-bond acceptors (Lipinski definition) is 4. The van der Waals surface area contributed by atoms with E-state index in [1.54, 1.807) is 31.2 Å². The lowest BCUT2D eigenvalue weighted by Crippen LogP contribution is -2.41. The van der Waals surface area contributed by atoms with Gasteiger partial charge in [0.25, 0.3) is 5.91 Å². The van der Waals surface area contributed by atoms with Crippen LogP contribution in [-0.2, 0) is 20.7 Å². The summed E-state index contributed by atoms with van der Waals surface area (Å²) in [5, 5.41) is 2.75. The number of carbonyl (C=O) groups is 3. The Kier molecular flexibility index (Phi) is 7.31. The van der Waals surface area contributed by atoms with Crippen molar-refractivity contribution in [2.45, 2.75) is 19.4 Å². The van der Waals surface area contributed by atoms with Gasteiger partial charge in [-0.2, -0.15) is 0 Å². The molecule has 0 spiro atoms. The first-order chi connectivity index (χ1) is 12.6. The minimum atomic E-state index is -0.782. The molecule has 0 saturated carbocycles. The van der Waals surface area contributed by atoms with Crippen LogP contribution >= 0.6 is 0 Å². The minimum absolute atomic E-state index is 0.232. The zero-order valence-electron chi connectivity index (χ0n) is 14.6. The summed E-state index contributed by atoms with van der Waals surface area (Å²) in [6.07, 6.45) is 2.56. The van der Waals surface area contributed by atoms with Crippen LogP contribution in [0.1, 0.15) is 22.8 Å². The van der Waals surface area contributed by atoms with Gasteiger partial charge >= 0.3 is 5.97 Å². The fourth-order valence-corrected chi connectivity index (χ4v) is 2.36. The van der Waals surface area contributed by atoms with Crippen molar-refractivity contribution in [3.05, 3.63) is 83.9 Å². The third kappa shape index (κ3) is 6.02. The number of ketones is 1. The van der Waals surface area contributed by atoms with Crippen molar-refractivity contribution in [1.82, 2.24) is 5.32 Å². The molecule has 0 aliphatic rings. The second kappa shape index (κ2) is 9.93. The summed E-state index contributed by atoms with van der Waals surface area (Å²) in [5.74, 6) is -1.30. The second-order valence-electron chi connectivity index (χ2n) is 5.57. The first-order valence-corrected chi connectivity index (χ1v) is 8.38. The fraction of sp³-hybridized carbons (Fsp3) is 0.190. The van der Waals surface area contributed by atoms with Gasteiger partial charge in [0.1, 0.15) is 0 Å². The third-order valence-electron chi connectivity index (χ3n) is 3.64. The summed E-state index contributed by atoms with van der Waals surface area (Å²) in [5.41, 5.74) is 1.37. The molecular formula is C21H21NO4. The third-order valence-corrected chi connectivity index (χ3v) is 3.64. The molecule has 2 aromatic carbocycles. The van der Waals surface area contributed by atoms with Gasteiger partial charge < -0.3 is 10.1 Å². The number of esters is 1. The van der Waals surface area contributed by atoms with Crippen LogP contribution in [0.3, 0.4) is 0 Å². The average Bonchev–Trinajstić information content (AvgIpc) is 2.67. The highest BCUT2D eigenvalue weighted by molar-refractivity contribution is 6.03. The van der Waals surface area contributed by atoms with Crippen molar-refractivity contribution in [3.63, 3.8) is 0 Å². The Hall–Kier alpha value is -3.21. The van der Waals surface area contributed by atoms with E-state index in [2.05, 4.69) is 5.32 Å². The molecule has 0 heterocycles. The first-order valence-electron chi connectivity index (χ1n) is 8.38. The number of carbonyl (C=O) groups excluding carboxylic acids is 3. The molecule has 134 valence electrons. The molecule has 2 aromatic rings. The first kappa shape index (κ1) is 19.1. The molecule has 1 amide bonds. The number of amides is 1. The molecule has 1 N–H and O–H groups in total. The summed E-state index contributed by atoms with van der Waals surface area (Å²) in [6, 6.07) is 17.3. The molecule has 0 aliphatic heterocycles. The van der Waals surface area contributed by atoms with Crippen molar-refractivity contribution in [3.8, 4) is 0 Å². The molecule has 0 bridgehead atoms. The summed E-state index contributed by atoms with van der Waals surface area (Å²) in [7, 11) is 0. The largest absolute Gasteiger partial charge is 0.463 e. The molecular weight excluding hydrogens is 330 g/mol. The lowest BCUT2D eigenvalue weighted by atomic mass is 10.0. The highest BCUT2D eigenvalue weighted by atomic mass is 16.5. The highest BCUT2D eigenvalue weighted by Crippen LogP contribution is 2.07. The van der Waals surface area contributed by atoms with Crippen molar-refractivity contribution in [2.75, 3.05) is 6.61 Å². The highest BCUT2D eigenvalue weighted by Gasteiger charge is 2.20. The maximum absolute atomic E-state index is 12.5. The number of nitrogens with one attached hydrogen (secondary N) is 1. The predicted molar refractivity (Wildman–Crippen MR) is 98.6 cm³/mol. The Morgan fingerprint density at radius 2 is 1.58 bits per heavy atom. The van der Waals surface area contributed by atoms with Gasteiger partial charge in [0.15, 0.2) is 5.78 Å². The Balaban J connectivity index is 2.14. The van der Waals surface area contributed by atoms with Gasteiger partial charge in [0.05, 0.1) is 12.6 Å².